The molecule has 41 heavy (non-hydrogen) atoms. The van der Waals surface area contributed by atoms with Gasteiger partial charge in [-0.15, -0.1) is 0 Å². The average Bonchev–Trinajstić information content (AvgIpc) is 3.54. The fraction of sp³-hybridized carbons (Fsp3) is 0.281. The van der Waals surface area contributed by atoms with Crippen LogP contribution in [0.3, 0.4) is 0 Å². The van der Waals surface area contributed by atoms with Crippen LogP contribution < -0.4 is 5.56 Å². The molecule has 2 aromatic carbocycles. The lowest BCUT2D eigenvalue weighted by molar-refractivity contribution is 0.0982. The van der Waals surface area contributed by atoms with Crippen molar-refractivity contribution in [2.75, 3.05) is 14.1 Å². The van der Waals surface area contributed by atoms with Gasteiger partial charge in [0.05, 0.1) is 11.7 Å². The van der Waals surface area contributed by atoms with E-state index in [-0.39, 0.29) is 29.9 Å². The molecule has 0 aliphatic carbocycles. The summed E-state index contributed by atoms with van der Waals surface area (Å²) in [6.07, 6.45) is 5.86. The Morgan fingerprint density at radius 2 is 1.85 bits per heavy atom. The summed E-state index contributed by atoms with van der Waals surface area (Å²) in [5.41, 5.74) is 4.59. The van der Waals surface area contributed by atoms with Crippen LogP contribution in [0.4, 0.5) is 0 Å². The summed E-state index contributed by atoms with van der Waals surface area (Å²) in [7, 11) is 5.87. The number of carbonyl (C=O) groups is 1. The maximum absolute atomic E-state index is 12.9. The molecule has 0 bridgehead atoms. The maximum Gasteiger partial charge on any atom is 0.278 e. The Balaban J connectivity index is 1.21. The number of fused-ring (bicyclic) bond motifs is 1. The average molecular weight is 549 g/mol. The molecule has 0 unspecified atom stereocenters. The third kappa shape index (κ3) is 6.51. The lowest BCUT2D eigenvalue weighted by Crippen LogP contribution is -2.24. The van der Waals surface area contributed by atoms with E-state index in [0.717, 1.165) is 28.8 Å². The van der Waals surface area contributed by atoms with Crippen molar-refractivity contribution in [3.8, 4) is 11.8 Å². The number of ketones is 1. The van der Waals surface area contributed by atoms with E-state index in [4.69, 9.17) is 9.40 Å². The summed E-state index contributed by atoms with van der Waals surface area (Å²) < 4.78 is 8.40. The Labute approximate surface area is 238 Å². The van der Waals surface area contributed by atoms with Gasteiger partial charge in [-0.3, -0.25) is 14.3 Å². The van der Waals surface area contributed by atoms with Gasteiger partial charge in [0.25, 0.3) is 5.56 Å². The van der Waals surface area contributed by atoms with E-state index in [0.29, 0.717) is 24.3 Å². The van der Waals surface area contributed by atoms with Crippen LogP contribution in [0.1, 0.15) is 57.2 Å². The van der Waals surface area contributed by atoms with E-state index in [2.05, 4.69) is 65.1 Å². The van der Waals surface area contributed by atoms with Gasteiger partial charge < -0.3 is 9.32 Å². The minimum absolute atomic E-state index is 0.158. The van der Waals surface area contributed by atoms with Crippen LogP contribution in [-0.4, -0.2) is 49.1 Å². The van der Waals surface area contributed by atoms with Crippen LogP contribution in [0.2, 0.25) is 0 Å². The number of rotatable bonds is 9. The van der Waals surface area contributed by atoms with Crippen molar-refractivity contribution in [1.82, 2.24) is 29.2 Å². The lowest BCUT2D eigenvalue weighted by Gasteiger charge is -2.10. The highest BCUT2D eigenvalue weighted by molar-refractivity contribution is 5.97. The van der Waals surface area contributed by atoms with Gasteiger partial charge >= 0.3 is 0 Å². The molecule has 0 fully saturated rings. The highest BCUT2D eigenvalue weighted by Gasteiger charge is 2.21. The Hall–Kier alpha value is -4.81. The number of hydrogen-bond acceptors (Lipinski definition) is 7. The van der Waals surface area contributed by atoms with Gasteiger partial charge in [-0.25, -0.2) is 19.6 Å². The SMILES string of the molecule is Cc1c(C(=O)CCC#Cc2ccc3nc(Cc4ccc(CN(C)C)cc4)ncc3c2)c(=O)n(Cc2cnco2)n1C. The summed E-state index contributed by atoms with van der Waals surface area (Å²) in [5.74, 6) is 7.28. The molecule has 0 saturated carbocycles. The van der Waals surface area contributed by atoms with Crippen molar-refractivity contribution >= 4 is 16.7 Å². The summed E-state index contributed by atoms with van der Waals surface area (Å²) in [6, 6.07) is 14.4. The highest BCUT2D eigenvalue weighted by atomic mass is 16.3. The topological polar surface area (TPSA) is 99.1 Å². The Bertz CT molecular complexity index is 1800. The largest absolute Gasteiger partial charge is 0.447 e. The van der Waals surface area contributed by atoms with E-state index in [9.17, 15) is 9.59 Å². The number of aromatic nitrogens is 5. The first kappa shape index (κ1) is 27.7. The second-order valence-electron chi connectivity index (χ2n) is 10.3. The van der Waals surface area contributed by atoms with Crippen LogP contribution in [-0.2, 0) is 26.6 Å². The fourth-order valence-electron chi connectivity index (χ4n) is 4.74. The van der Waals surface area contributed by atoms with Gasteiger partial charge in [-0.05, 0) is 50.3 Å². The predicted molar refractivity (Wildman–Crippen MR) is 157 cm³/mol. The summed E-state index contributed by atoms with van der Waals surface area (Å²) >= 11 is 0. The number of carbonyl (C=O) groups excluding carboxylic acids is 1. The molecule has 3 aromatic heterocycles. The van der Waals surface area contributed by atoms with E-state index in [1.807, 2.05) is 24.4 Å². The molecule has 0 aliphatic rings. The molecule has 0 saturated heterocycles. The zero-order valence-corrected chi connectivity index (χ0v) is 23.7. The molecule has 0 atom stereocenters. The molecule has 5 aromatic rings. The monoisotopic (exact) mass is 548 g/mol. The quantitative estimate of drug-likeness (QED) is 0.202. The van der Waals surface area contributed by atoms with Crippen molar-refractivity contribution in [3.63, 3.8) is 0 Å². The summed E-state index contributed by atoms with van der Waals surface area (Å²) in [5, 5.41) is 0.908. The van der Waals surface area contributed by atoms with Crippen molar-refractivity contribution < 1.29 is 9.21 Å². The number of nitrogens with zero attached hydrogens (tertiary/aromatic N) is 6. The molecule has 0 amide bonds. The number of benzene rings is 2. The molecule has 3 heterocycles. The first-order chi connectivity index (χ1) is 19.8. The maximum atomic E-state index is 12.9. The Morgan fingerprint density at radius 1 is 1.07 bits per heavy atom. The van der Waals surface area contributed by atoms with Gasteiger partial charge in [-0.2, -0.15) is 0 Å². The number of Topliss-reactive ketones (excluding diaryl/α,β-unsaturated/α-hetero) is 1. The van der Waals surface area contributed by atoms with Gasteiger partial charge in [-0.1, -0.05) is 36.1 Å². The Morgan fingerprint density at radius 3 is 2.59 bits per heavy atom. The zero-order chi connectivity index (χ0) is 28.9. The summed E-state index contributed by atoms with van der Waals surface area (Å²) in [4.78, 5) is 41.2. The minimum atomic E-state index is -0.338. The third-order valence-electron chi connectivity index (χ3n) is 6.95. The molecule has 0 spiro atoms. The molecular weight excluding hydrogens is 516 g/mol. The molecule has 0 N–H and O–H groups in total. The van der Waals surface area contributed by atoms with E-state index in [1.165, 1.54) is 22.2 Å². The number of hydrogen-bond donors (Lipinski definition) is 0. The van der Waals surface area contributed by atoms with Crippen LogP contribution in [0.15, 0.2) is 70.5 Å². The van der Waals surface area contributed by atoms with Crippen molar-refractivity contribution in [2.45, 2.75) is 39.3 Å². The number of oxazole rings is 1. The molecule has 0 radical (unpaired) electrons. The Kier molecular flexibility index (Phi) is 8.22. The van der Waals surface area contributed by atoms with Crippen molar-refractivity contribution in [1.29, 1.82) is 0 Å². The zero-order valence-electron chi connectivity index (χ0n) is 23.7. The van der Waals surface area contributed by atoms with Crippen LogP contribution >= 0.6 is 0 Å². The molecule has 208 valence electrons. The normalized spacial score (nSPS) is 11.1. The second-order valence-corrected chi connectivity index (χ2v) is 10.3. The van der Waals surface area contributed by atoms with Gasteiger partial charge in [0.1, 0.15) is 23.7 Å². The minimum Gasteiger partial charge on any atom is -0.447 e. The molecule has 0 aliphatic heterocycles. The second kappa shape index (κ2) is 12.1. The van der Waals surface area contributed by atoms with Crippen molar-refractivity contribution in [2.24, 2.45) is 7.05 Å². The first-order valence-electron chi connectivity index (χ1n) is 13.4. The van der Waals surface area contributed by atoms with Gasteiger partial charge in [0.2, 0.25) is 0 Å². The fourth-order valence-corrected chi connectivity index (χ4v) is 4.74. The third-order valence-corrected chi connectivity index (χ3v) is 6.95. The molecule has 9 nitrogen and oxygen atoms in total. The van der Waals surface area contributed by atoms with E-state index < -0.39 is 0 Å². The van der Waals surface area contributed by atoms with Crippen LogP contribution in [0.5, 0.6) is 0 Å². The smallest absolute Gasteiger partial charge is 0.278 e. The van der Waals surface area contributed by atoms with E-state index >= 15 is 0 Å². The summed E-state index contributed by atoms with van der Waals surface area (Å²) in [6.45, 7) is 2.88. The highest BCUT2D eigenvalue weighted by Crippen LogP contribution is 2.16. The van der Waals surface area contributed by atoms with Crippen LogP contribution in [0, 0.1) is 18.8 Å². The molecule has 9 heteroatoms. The van der Waals surface area contributed by atoms with E-state index in [1.54, 1.807) is 24.9 Å². The lowest BCUT2D eigenvalue weighted by atomic mass is 10.1. The molecule has 5 rings (SSSR count). The van der Waals surface area contributed by atoms with Crippen molar-refractivity contribution in [3.05, 3.63) is 111 Å². The van der Waals surface area contributed by atoms with Gasteiger partial charge in [0.15, 0.2) is 12.2 Å². The predicted octanol–water partition coefficient (Wildman–Crippen LogP) is 4.14. The van der Waals surface area contributed by atoms with Crippen LogP contribution in [0.25, 0.3) is 10.9 Å². The molecular formula is C32H32N6O3. The standard InChI is InChI=1S/C32H32N6O3/c1-22-31(32(40)38(37(22)4)20-27-18-33-21-41-27)29(39)8-6-5-7-23-13-14-28-26(15-23)17-34-30(35-28)16-24-9-11-25(12-10-24)19-36(2)3/h9-15,17-18,21H,6,8,16,19-20H2,1-4H3. The first-order valence-corrected chi connectivity index (χ1v) is 13.4. The van der Waals surface area contributed by atoms with Gasteiger partial charge in [0, 0.05) is 55.7 Å².